The number of unbranched alkanes of at least 4 members (excludes halogenated alkanes) is 1. The molecule has 0 aliphatic heterocycles. The molecule has 1 aliphatic rings. The molecule has 0 amide bonds. The maximum atomic E-state index is 4.81. The van der Waals surface area contributed by atoms with Crippen molar-refractivity contribution in [3.05, 3.63) is 23.5 Å². The van der Waals surface area contributed by atoms with E-state index < -0.39 is 0 Å². The molecule has 1 N–H and O–H groups in total. The zero-order valence-electron chi connectivity index (χ0n) is 13.3. The molecule has 3 nitrogen and oxygen atoms in total. The van der Waals surface area contributed by atoms with Crippen LogP contribution in [0.1, 0.15) is 58.1 Å². The molecule has 2 aromatic rings. The zero-order valence-corrected chi connectivity index (χ0v) is 14.1. The second-order valence-corrected chi connectivity index (χ2v) is 7.49. The van der Waals surface area contributed by atoms with Crippen molar-refractivity contribution in [2.75, 3.05) is 6.54 Å². The van der Waals surface area contributed by atoms with Crippen LogP contribution in [-0.2, 0) is 6.42 Å². The Morgan fingerprint density at radius 2 is 2.29 bits per heavy atom. The maximum absolute atomic E-state index is 4.81. The molecule has 1 fully saturated rings. The van der Waals surface area contributed by atoms with E-state index in [9.17, 15) is 0 Å². The largest absolute Gasteiger partial charge is 0.313 e. The van der Waals surface area contributed by atoms with Crippen molar-refractivity contribution in [1.82, 2.24) is 14.7 Å². The average molecular weight is 305 g/mol. The Morgan fingerprint density at radius 1 is 1.43 bits per heavy atom. The molecule has 1 atom stereocenters. The van der Waals surface area contributed by atoms with Crippen LogP contribution in [0.3, 0.4) is 0 Å². The van der Waals surface area contributed by atoms with Gasteiger partial charge < -0.3 is 5.32 Å². The number of fused-ring (bicyclic) bond motifs is 1. The minimum absolute atomic E-state index is 0.378. The van der Waals surface area contributed by atoms with E-state index in [4.69, 9.17) is 4.98 Å². The van der Waals surface area contributed by atoms with Crippen LogP contribution in [-0.4, -0.2) is 22.0 Å². The van der Waals surface area contributed by atoms with Crippen molar-refractivity contribution in [3.8, 4) is 0 Å². The van der Waals surface area contributed by atoms with E-state index in [-0.39, 0.29) is 0 Å². The van der Waals surface area contributed by atoms with E-state index >= 15 is 0 Å². The van der Waals surface area contributed by atoms with E-state index in [1.165, 1.54) is 44.2 Å². The molecule has 0 radical (unpaired) electrons. The normalized spacial score (nSPS) is 18.2. The van der Waals surface area contributed by atoms with E-state index in [1.54, 1.807) is 11.3 Å². The lowest BCUT2D eigenvalue weighted by molar-refractivity contribution is 0.226. The summed E-state index contributed by atoms with van der Waals surface area (Å²) in [5, 5.41) is 5.88. The molecule has 1 aliphatic carbocycles. The van der Waals surface area contributed by atoms with E-state index in [2.05, 4.69) is 41.3 Å². The van der Waals surface area contributed by atoms with Crippen LogP contribution in [0, 0.1) is 5.41 Å². The summed E-state index contributed by atoms with van der Waals surface area (Å²) in [6, 6.07) is 0.794. The molecular weight excluding hydrogens is 278 g/mol. The highest BCUT2D eigenvalue weighted by Gasteiger charge is 2.31. The first-order chi connectivity index (χ1) is 10.2. The lowest BCUT2D eigenvalue weighted by Gasteiger charge is -2.33. The molecule has 116 valence electrons. The molecule has 1 saturated carbocycles. The minimum Gasteiger partial charge on any atom is -0.313 e. The number of nitrogens with zero attached hydrogens (tertiary/aromatic N) is 2. The van der Waals surface area contributed by atoms with Crippen LogP contribution >= 0.6 is 11.3 Å². The van der Waals surface area contributed by atoms with Crippen molar-refractivity contribution in [2.45, 2.75) is 64.8 Å². The second kappa shape index (κ2) is 6.49. The minimum atomic E-state index is 0.378. The average Bonchev–Trinajstić information content (AvgIpc) is 3.10. The van der Waals surface area contributed by atoms with Gasteiger partial charge in [-0.3, -0.25) is 4.40 Å². The van der Waals surface area contributed by atoms with Crippen molar-refractivity contribution in [3.63, 3.8) is 0 Å². The lowest BCUT2D eigenvalue weighted by Crippen LogP contribution is -2.37. The standard InChI is InChI=1S/C17H27N3S/c1-3-5-8-17(4-2,13-18-14-6-7-14)11-15-12-20-9-10-21-16(20)19-15/h9-10,12,14,18H,3-8,11,13H2,1-2H3. The molecule has 4 heteroatoms. The third-order valence-corrected chi connectivity index (χ3v) is 5.62. The number of rotatable bonds is 9. The summed E-state index contributed by atoms with van der Waals surface area (Å²) in [5.74, 6) is 0. The van der Waals surface area contributed by atoms with Crippen molar-refractivity contribution in [2.24, 2.45) is 5.41 Å². The fourth-order valence-corrected chi connectivity index (χ4v) is 3.83. The Morgan fingerprint density at radius 3 is 2.95 bits per heavy atom. The Labute approximate surface area is 131 Å². The lowest BCUT2D eigenvalue weighted by atomic mass is 9.76. The van der Waals surface area contributed by atoms with E-state index in [0.717, 1.165) is 24.0 Å². The highest BCUT2D eigenvalue weighted by molar-refractivity contribution is 7.15. The summed E-state index contributed by atoms with van der Waals surface area (Å²) in [4.78, 5) is 5.94. The van der Waals surface area contributed by atoms with Crippen LogP contribution in [0.4, 0.5) is 0 Å². The number of hydrogen-bond donors (Lipinski definition) is 1. The summed E-state index contributed by atoms with van der Waals surface area (Å²) >= 11 is 1.72. The number of thiazole rings is 1. The summed E-state index contributed by atoms with van der Waals surface area (Å²) < 4.78 is 2.16. The van der Waals surface area contributed by atoms with Gasteiger partial charge in [0.1, 0.15) is 0 Å². The number of nitrogens with one attached hydrogen (secondary N) is 1. The van der Waals surface area contributed by atoms with Gasteiger partial charge in [-0.15, -0.1) is 11.3 Å². The summed E-state index contributed by atoms with van der Waals surface area (Å²) in [6.45, 7) is 5.79. The Bertz CT molecular complexity index is 541. The molecule has 0 aromatic carbocycles. The first-order valence-electron chi connectivity index (χ1n) is 8.39. The molecule has 3 rings (SSSR count). The van der Waals surface area contributed by atoms with Gasteiger partial charge in [-0.2, -0.15) is 0 Å². The highest BCUT2D eigenvalue weighted by atomic mass is 32.1. The smallest absolute Gasteiger partial charge is 0.193 e. The van der Waals surface area contributed by atoms with Crippen LogP contribution in [0.15, 0.2) is 17.8 Å². The van der Waals surface area contributed by atoms with Crippen LogP contribution < -0.4 is 5.32 Å². The second-order valence-electron chi connectivity index (χ2n) is 6.61. The van der Waals surface area contributed by atoms with Gasteiger partial charge in [0.05, 0.1) is 5.69 Å². The molecule has 21 heavy (non-hydrogen) atoms. The Hall–Kier alpha value is -0.870. The number of imidazole rings is 1. The van der Waals surface area contributed by atoms with Gasteiger partial charge in [-0.25, -0.2) is 4.98 Å². The van der Waals surface area contributed by atoms with Gasteiger partial charge in [0.15, 0.2) is 4.96 Å². The van der Waals surface area contributed by atoms with Gasteiger partial charge in [-0.1, -0.05) is 26.7 Å². The Kier molecular flexibility index (Phi) is 4.65. The predicted molar refractivity (Wildman–Crippen MR) is 90.0 cm³/mol. The molecular formula is C17H27N3S. The Balaban J connectivity index is 1.73. The predicted octanol–water partition coefficient (Wildman–Crippen LogP) is 4.28. The highest BCUT2D eigenvalue weighted by Crippen LogP contribution is 2.34. The molecule has 0 bridgehead atoms. The van der Waals surface area contributed by atoms with Gasteiger partial charge in [0.2, 0.25) is 0 Å². The molecule has 2 aromatic heterocycles. The topological polar surface area (TPSA) is 29.3 Å². The van der Waals surface area contributed by atoms with Crippen molar-refractivity contribution < 1.29 is 0 Å². The van der Waals surface area contributed by atoms with Gasteiger partial charge in [-0.05, 0) is 37.5 Å². The van der Waals surface area contributed by atoms with Gasteiger partial charge in [0.25, 0.3) is 0 Å². The van der Waals surface area contributed by atoms with E-state index in [1.807, 2.05) is 0 Å². The first-order valence-corrected chi connectivity index (χ1v) is 9.27. The SMILES string of the molecule is CCCCC(CC)(CNC1CC1)Cc1cn2ccsc2n1. The molecule has 0 saturated heterocycles. The molecule has 1 unspecified atom stereocenters. The monoisotopic (exact) mass is 305 g/mol. The van der Waals surface area contributed by atoms with Crippen LogP contribution in [0.25, 0.3) is 4.96 Å². The zero-order chi connectivity index (χ0) is 14.7. The summed E-state index contributed by atoms with van der Waals surface area (Å²) in [5.41, 5.74) is 1.64. The summed E-state index contributed by atoms with van der Waals surface area (Å²) in [6.07, 6.45) is 13.3. The quantitative estimate of drug-likeness (QED) is 0.749. The van der Waals surface area contributed by atoms with Crippen LogP contribution in [0.5, 0.6) is 0 Å². The van der Waals surface area contributed by atoms with Gasteiger partial charge >= 0.3 is 0 Å². The van der Waals surface area contributed by atoms with Crippen molar-refractivity contribution >= 4 is 16.3 Å². The molecule has 0 spiro atoms. The first kappa shape index (κ1) is 15.0. The third kappa shape index (κ3) is 3.67. The number of hydrogen-bond acceptors (Lipinski definition) is 3. The maximum Gasteiger partial charge on any atom is 0.193 e. The third-order valence-electron chi connectivity index (χ3n) is 4.85. The molecule has 2 heterocycles. The van der Waals surface area contributed by atoms with E-state index in [0.29, 0.717) is 5.41 Å². The fourth-order valence-electron chi connectivity index (χ4n) is 3.11. The number of aromatic nitrogens is 2. The van der Waals surface area contributed by atoms with Crippen LogP contribution in [0.2, 0.25) is 0 Å². The van der Waals surface area contributed by atoms with Crippen molar-refractivity contribution in [1.29, 1.82) is 0 Å². The summed E-state index contributed by atoms with van der Waals surface area (Å²) in [7, 11) is 0. The van der Waals surface area contributed by atoms with Gasteiger partial charge in [0, 0.05) is 30.4 Å². The fraction of sp³-hybridized carbons (Fsp3) is 0.706.